The largest absolute Gasteiger partial charge is 0.379 e. The third-order valence-electron chi connectivity index (χ3n) is 2.93. The van der Waals surface area contributed by atoms with Crippen molar-refractivity contribution in [2.24, 2.45) is 0 Å². The number of aromatic nitrogens is 1. The summed E-state index contributed by atoms with van der Waals surface area (Å²) in [6.07, 6.45) is 4.49. The van der Waals surface area contributed by atoms with Crippen molar-refractivity contribution in [3.05, 3.63) is 24.0 Å². The number of morpholine rings is 1. The first-order valence-electron chi connectivity index (χ1n) is 5.26. The van der Waals surface area contributed by atoms with Gasteiger partial charge in [-0.25, -0.2) is 0 Å². The molecule has 1 aliphatic heterocycles. The molecule has 1 fully saturated rings. The molecule has 15 heavy (non-hydrogen) atoms. The van der Waals surface area contributed by atoms with Crippen molar-refractivity contribution < 1.29 is 9.53 Å². The summed E-state index contributed by atoms with van der Waals surface area (Å²) in [6.45, 7) is 5.70. The first-order valence-corrected chi connectivity index (χ1v) is 5.26. The van der Waals surface area contributed by atoms with Gasteiger partial charge in [0.1, 0.15) is 0 Å². The van der Waals surface area contributed by atoms with Crippen molar-refractivity contribution in [3.63, 3.8) is 0 Å². The van der Waals surface area contributed by atoms with Gasteiger partial charge >= 0.3 is 0 Å². The number of hydrogen-bond acceptors (Lipinski definition) is 3. The van der Waals surface area contributed by atoms with Gasteiger partial charge in [-0.05, 0) is 18.6 Å². The lowest BCUT2D eigenvalue weighted by atomic mass is 10.1. The first kappa shape index (κ1) is 10.4. The number of ether oxygens (including phenoxy) is 1. The molecule has 1 aromatic rings. The zero-order chi connectivity index (χ0) is 10.7. The van der Waals surface area contributed by atoms with Crippen LogP contribution in [0.25, 0.3) is 0 Å². The van der Waals surface area contributed by atoms with E-state index in [1.807, 2.05) is 12.3 Å². The van der Waals surface area contributed by atoms with E-state index >= 15 is 0 Å². The van der Waals surface area contributed by atoms with Crippen molar-refractivity contribution >= 4 is 6.41 Å². The molecule has 0 saturated carbocycles. The molecular weight excluding hydrogens is 192 g/mol. The predicted octanol–water partition coefficient (Wildman–Crippen LogP) is 0.920. The van der Waals surface area contributed by atoms with E-state index in [9.17, 15) is 4.79 Å². The molecule has 1 saturated heterocycles. The van der Waals surface area contributed by atoms with E-state index in [-0.39, 0.29) is 0 Å². The van der Waals surface area contributed by atoms with Crippen LogP contribution in [-0.4, -0.2) is 42.2 Å². The Morgan fingerprint density at radius 2 is 2.20 bits per heavy atom. The average Bonchev–Trinajstić information content (AvgIpc) is 2.78. The van der Waals surface area contributed by atoms with E-state index in [4.69, 9.17) is 4.74 Å². The molecule has 2 rings (SSSR count). The summed E-state index contributed by atoms with van der Waals surface area (Å²) < 4.78 is 6.86. The van der Waals surface area contributed by atoms with Crippen LogP contribution in [0.15, 0.2) is 18.5 Å². The maximum atomic E-state index is 10.5. The van der Waals surface area contributed by atoms with Crippen LogP contribution in [0.1, 0.15) is 18.5 Å². The number of rotatable bonds is 3. The Balaban J connectivity index is 2.05. The minimum atomic E-state index is 0.357. The summed E-state index contributed by atoms with van der Waals surface area (Å²) in [5, 5.41) is 0. The number of carbonyl (C=O) groups excluding carboxylic acids is 1. The van der Waals surface area contributed by atoms with Gasteiger partial charge < -0.3 is 4.74 Å². The lowest BCUT2D eigenvalue weighted by molar-refractivity contribution is 0.0199. The molecule has 0 radical (unpaired) electrons. The Kier molecular flexibility index (Phi) is 3.18. The molecule has 1 unspecified atom stereocenters. The van der Waals surface area contributed by atoms with Gasteiger partial charge in [0.05, 0.1) is 13.2 Å². The van der Waals surface area contributed by atoms with E-state index in [1.165, 1.54) is 5.56 Å². The topological polar surface area (TPSA) is 34.5 Å². The summed E-state index contributed by atoms with van der Waals surface area (Å²) >= 11 is 0. The third kappa shape index (κ3) is 2.27. The first-order chi connectivity index (χ1) is 7.31. The van der Waals surface area contributed by atoms with E-state index in [2.05, 4.69) is 11.8 Å². The second-order valence-corrected chi connectivity index (χ2v) is 3.82. The van der Waals surface area contributed by atoms with Crippen LogP contribution >= 0.6 is 0 Å². The summed E-state index contributed by atoms with van der Waals surface area (Å²) in [5.74, 6) is 0. The Labute approximate surface area is 89.4 Å². The van der Waals surface area contributed by atoms with E-state index < -0.39 is 0 Å². The molecule has 82 valence electrons. The van der Waals surface area contributed by atoms with Gasteiger partial charge in [-0.2, -0.15) is 0 Å². The number of nitrogens with zero attached hydrogens (tertiary/aromatic N) is 2. The molecule has 1 atom stereocenters. The van der Waals surface area contributed by atoms with Gasteiger partial charge in [0, 0.05) is 31.5 Å². The molecule has 4 heteroatoms. The van der Waals surface area contributed by atoms with Crippen LogP contribution in [0.2, 0.25) is 0 Å². The molecule has 4 nitrogen and oxygen atoms in total. The zero-order valence-electron chi connectivity index (χ0n) is 8.93. The molecule has 0 amide bonds. The smallest absolute Gasteiger partial charge is 0.217 e. The Bertz CT molecular complexity index is 329. The van der Waals surface area contributed by atoms with Crippen LogP contribution in [0.4, 0.5) is 0 Å². The van der Waals surface area contributed by atoms with Crippen LogP contribution in [0.5, 0.6) is 0 Å². The van der Waals surface area contributed by atoms with Crippen molar-refractivity contribution in [1.29, 1.82) is 0 Å². The summed E-state index contributed by atoms with van der Waals surface area (Å²) in [6, 6.07) is 2.35. The lowest BCUT2D eigenvalue weighted by Crippen LogP contribution is -2.37. The van der Waals surface area contributed by atoms with Crippen LogP contribution in [0, 0.1) is 0 Å². The average molecular weight is 208 g/mol. The highest BCUT2D eigenvalue weighted by Gasteiger charge is 2.18. The maximum absolute atomic E-state index is 10.5. The Hall–Kier alpha value is -1.13. The van der Waals surface area contributed by atoms with Gasteiger partial charge in [0.25, 0.3) is 0 Å². The van der Waals surface area contributed by atoms with Gasteiger partial charge in [-0.3, -0.25) is 14.3 Å². The molecule has 2 heterocycles. The van der Waals surface area contributed by atoms with Crippen LogP contribution in [-0.2, 0) is 9.53 Å². The van der Waals surface area contributed by atoms with Crippen molar-refractivity contribution in [1.82, 2.24) is 9.47 Å². The summed E-state index contributed by atoms with van der Waals surface area (Å²) in [4.78, 5) is 12.9. The normalized spacial score (nSPS) is 20.1. The van der Waals surface area contributed by atoms with Crippen LogP contribution in [0.3, 0.4) is 0 Å². The molecule has 0 aliphatic carbocycles. The van der Waals surface area contributed by atoms with E-state index in [0.717, 1.165) is 32.7 Å². The summed E-state index contributed by atoms with van der Waals surface area (Å²) in [5.41, 5.74) is 1.18. The number of carbonyl (C=O) groups is 1. The van der Waals surface area contributed by atoms with Crippen molar-refractivity contribution in [2.75, 3.05) is 26.3 Å². The summed E-state index contributed by atoms with van der Waals surface area (Å²) in [7, 11) is 0. The highest BCUT2D eigenvalue weighted by Crippen LogP contribution is 2.20. The van der Waals surface area contributed by atoms with Crippen molar-refractivity contribution in [3.8, 4) is 0 Å². The molecule has 0 N–H and O–H groups in total. The van der Waals surface area contributed by atoms with E-state index in [0.29, 0.717) is 6.04 Å². The van der Waals surface area contributed by atoms with Gasteiger partial charge in [-0.15, -0.1) is 0 Å². The minimum absolute atomic E-state index is 0.357. The van der Waals surface area contributed by atoms with Gasteiger partial charge in [-0.1, -0.05) is 0 Å². The maximum Gasteiger partial charge on any atom is 0.217 e. The quantitative estimate of drug-likeness (QED) is 0.693. The fourth-order valence-corrected chi connectivity index (χ4v) is 1.92. The minimum Gasteiger partial charge on any atom is -0.379 e. The van der Waals surface area contributed by atoms with Gasteiger partial charge in [0.15, 0.2) is 0 Å². The Morgan fingerprint density at radius 1 is 1.47 bits per heavy atom. The standard InChI is InChI=1S/C11H16N2O2/c1-10(13-4-6-15-7-5-13)11-2-3-12(8-11)9-14/h2-3,8-10H,4-7H2,1H3. The zero-order valence-corrected chi connectivity index (χ0v) is 8.93. The highest BCUT2D eigenvalue weighted by atomic mass is 16.5. The van der Waals surface area contributed by atoms with E-state index in [1.54, 1.807) is 10.8 Å². The molecule has 0 aromatic carbocycles. The second-order valence-electron chi connectivity index (χ2n) is 3.82. The molecule has 0 spiro atoms. The fraction of sp³-hybridized carbons (Fsp3) is 0.545. The molecule has 1 aromatic heterocycles. The fourth-order valence-electron chi connectivity index (χ4n) is 1.92. The molecule has 1 aliphatic rings. The van der Waals surface area contributed by atoms with Crippen molar-refractivity contribution in [2.45, 2.75) is 13.0 Å². The lowest BCUT2D eigenvalue weighted by Gasteiger charge is -2.31. The monoisotopic (exact) mass is 208 g/mol. The molecule has 0 bridgehead atoms. The third-order valence-corrected chi connectivity index (χ3v) is 2.93. The predicted molar refractivity (Wildman–Crippen MR) is 57.4 cm³/mol. The SMILES string of the molecule is CC(c1ccn(C=O)c1)N1CCOCC1. The van der Waals surface area contributed by atoms with Crippen LogP contribution < -0.4 is 0 Å². The Morgan fingerprint density at radius 3 is 2.80 bits per heavy atom. The highest BCUT2D eigenvalue weighted by molar-refractivity contribution is 5.52. The van der Waals surface area contributed by atoms with Gasteiger partial charge in [0.2, 0.25) is 6.41 Å². The second kappa shape index (κ2) is 4.59. The number of hydrogen-bond donors (Lipinski definition) is 0. The molecular formula is C11H16N2O2.